The van der Waals surface area contributed by atoms with Crippen molar-refractivity contribution in [2.24, 2.45) is 0 Å². The lowest BCUT2D eigenvalue weighted by Gasteiger charge is -2.26. The number of benzene rings is 3. The molecule has 0 amide bonds. The van der Waals surface area contributed by atoms with Crippen LogP contribution >= 0.6 is 0 Å². The van der Waals surface area contributed by atoms with E-state index in [0.29, 0.717) is 16.6 Å². The van der Waals surface area contributed by atoms with Gasteiger partial charge in [-0.15, -0.1) is 0 Å². The molecule has 1 unspecified atom stereocenters. The van der Waals surface area contributed by atoms with Crippen LogP contribution in [0.15, 0.2) is 76.4 Å². The molecule has 4 rings (SSSR count). The Morgan fingerprint density at radius 1 is 1.00 bits per heavy atom. The zero-order chi connectivity index (χ0) is 25.5. The number of rotatable bonds is 6. The first kappa shape index (κ1) is 24.2. The first-order valence-corrected chi connectivity index (χ1v) is 12.3. The van der Waals surface area contributed by atoms with Crippen LogP contribution in [0, 0.1) is 24.0 Å². The average molecular weight is 493 g/mol. The largest absolute Gasteiger partial charge is 0.269 e. The van der Waals surface area contributed by atoms with E-state index in [2.05, 4.69) is 0 Å². The van der Waals surface area contributed by atoms with Crippen molar-refractivity contribution >= 4 is 26.6 Å². The molecule has 4 aromatic rings. The summed E-state index contributed by atoms with van der Waals surface area (Å²) in [6, 6.07) is 16.3. The van der Waals surface area contributed by atoms with Crippen molar-refractivity contribution in [1.29, 1.82) is 0 Å². The molecule has 0 bridgehead atoms. The van der Waals surface area contributed by atoms with Gasteiger partial charge in [0.15, 0.2) is 0 Å². The molecule has 0 N–H and O–H groups in total. The Hall–Kier alpha value is -3.89. The van der Waals surface area contributed by atoms with E-state index in [1.54, 1.807) is 37.3 Å². The van der Waals surface area contributed by atoms with Gasteiger partial charge in [0.05, 0.1) is 32.5 Å². The second-order valence-corrected chi connectivity index (χ2v) is 10.3. The Bertz CT molecular complexity index is 1610. The average Bonchev–Trinajstić information content (AvgIpc) is 2.85. The van der Waals surface area contributed by atoms with Crippen LogP contribution in [0.4, 0.5) is 5.69 Å². The predicted molar refractivity (Wildman–Crippen MR) is 133 cm³/mol. The van der Waals surface area contributed by atoms with Crippen molar-refractivity contribution in [3.05, 3.63) is 104 Å². The molecule has 0 fully saturated rings. The van der Waals surface area contributed by atoms with Gasteiger partial charge in [0.1, 0.15) is 5.82 Å². The Morgan fingerprint density at radius 2 is 1.66 bits per heavy atom. The minimum absolute atomic E-state index is 0.0988. The number of aryl methyl sites for hydroxylation is 2. The van der Waals surface area contributed by atoms with Gasteiger partial charge >= 0.3 is 0 Å². The summed E-state index contributed by atoms with van der Waals surface area (Å²) >= 11 is 0. The Labute approximate surface area is 202 Å². The maximum absolute atomic E-state index is 13.6. The molecule has 1 aromatic heterocycles. The summed E-state index contributed by atoms with van der Waals surface area (Å²) in [7, 11) is -2.66. The van der Waals surface area contributed by atoms with E-state index in [-0.39, 0.29) is 22.0 Å². The molecule has 10 heteroatoms. The van der Waals surface area contributed by atoms with E-state index >= 15 is 0 Å². The number of nitro benzene ring substituents is 1. The van der Waals surface area contributed by atoms with Crippen LogP contribution in [0.1, 0.15) is 29.9 Å². The van der Waals surface area contributed by atoms with Crippen molar-refractivity contribution in [3.8, 4) is 5.69 Å². The van der Waals surface area contributed by atoms with Gasteiger partial charge < -0.3 is 0 Å². The van der Waals surface area contributed by atoms with E-state index in [0.717, 1.165) is 27.6 Å². The summed E-state index contributed by atoms with van der Waals surface area (Å²) in [4.78, 5) is 28.5. The molecule has 3 aromatic carbocycles. The lowest BCUT2D eigenvalue weighted by atomic mass is 10.1. The van der Waals surface area contributed by atoms with Crippen molar-refractivity contribution in [1.82, 2.24) is 13.9 Å². The third-order valence-corrected chi connectivity index (χ3v) is 8.14. The van der Waals surface area contributed by atoms with Crippen LogP contribution < -0.4 is 5.56 Å². The fourth-order valence-corrected chi connectivity index (χ4v) is 5.14. The SMILES string of the molecule is Cc1ccc(-n2c(C(C)N(C)S(=O)(=O)c3ccc([N+](=O)[O-])cc3)nc3ccccc3c2=O)cc1C. The van der Waals surface area contributed by atoms with Gasteiger partial charge in [-0.05, 0) is 68.3 Å². The molecule has 9 nitrogen and oxygen atoms in total. The van der Waals surface area contributed by atoms with Crippen molar-refractivity contribution in [2.75, 3.05) is 7.05 Å². The number of hydrogen-bond acceptors (Lipinski definition) is 6. The fraction of sp³-hybridized carbons (Fsp3) is 0.200. The number of nitrogens with zero attached hydrogens (tertiary/aromatic N) is 4. The second-order valence-electron chi connectivity index (χ2n) is 8.34. The highest BCUT2D eigenvalue weighted by atomic mass is 32.2. The van der Waals surface area contributed by atoms with Gasteiger partial charge in [0.25, 0.3) is 11.2 Å². The maximum Gasteiger partial charge on any atom is 0.269 e. The van der Waals surface area contributed by atoms with Crippen LogP contribution in [-0.4, -0.2) is 34.2 Å². The van der Waals surface area contributed by atoms with Crippen LogP contribution in [0.2, 0.25) is 0 Å². The third-order valence-electron chi connectivity index (χ3n) is 6.19. The van der Waals surface area contributed by atoms with Crippen LogP contribution in [-0.2, 0) is 10.0 Å². The number of sulfonamides is 1. The summed E-state index contributed by atoms with van der Waals surface area (Å²) in [5.41, 5.74) is 2.57. The third kappa shape index (κ3) is 4.33. The Morgan fingerprint density at radius 3 is 2.29 bits per heavy atom. The zero-order valence-electron chi connectivity index (χ0n) is 19.7. The van der Waals surface area contributed by atoms with E-state index in [1.807, 2.05) is 26.0 Å². The molecule has 0 aliphatic heterocycles. The summed E-state index contributed by atoms with van der Waals surface area (Å²) in [6.07, 6.45) is 0. The number of hydrogen-bond donors (Lipinski definition) is 0. The molecule has 0 spiro atoms. The minimum atomic E-state index is -4.05. The Balaban J connectivity index is 1.88. The lowest BCUT2D eigenvalue weighted by Crippen LogP contribution is -2.35. The molecule has 0 aliphatic carbocycles. The van der Waals surface area contributed by atoms with E-state index < -0.39 is 21.0 Å². The van der Waals surface area contributed by atoms with E-state index in [9.17, 15) is 23.3 Å². The summed E-state index contributed by atoms with van der Waals surface area (Å²) in [5, 5.41) is 11.4. The van der Waals surface area contributed by atoms with Gasteiger partial charge in [-0.1, -0.05) is 18.2 Å². The van der Waals surface area contributed by atoms with Crippen molar-refractivity contribution in [3.63, 3.8) is 0 Å². The number of aromatic nitrogens is 2. The molecule has 0 radical (unpaired) electrons. The highest BCUT2D eigenvalue weighted by Gasteiger charge is 2.30. The van der Waals surface area contributed by atoms with Crippen LogP contribution in [0.25, 0.3) is 16.6 Å². The molecular weight excluding hydrogens is 468 g/mol. The molecule has 1 heterocycles. The second kappa shape index (κ2) is 9.05. The number of fused-ring (bicyclic) bond motifs is 1. The first-order chi connectivity index (χ1) is 16.5. The van der Waals surface area contributed by atoms with Crippen LogP contribution in [0.5, 0.6) is 0 Å². The smallest absolute Gasteiger partial charge is 0.268 e. The molecule has 180 valence electrons. The molecule has 0 saturated carbocycles. The molecule has 0 aliphatic rings. The monoisotopic (exact) mass is 492 g/mol. The van der Waals surface area contributed by atoms with Crippen molar-refractivity contribution < 1.29 is 13.3 Å². The van der Waals surface area contributed by atoms with Gasteiger partial charge in [-0.2, -0.15) is 4.31 Å². The fourth-order valence-electron chi connectivity index (χ4n) is 3.82. The Kier molecular flexibility index (Phi) is 6.27. The molecule has 1 atom stereocenters. The summed E-state index contributed by atoms with van der Waals surface area (Å²) < 4.78 is 29.3. The highest BCUT2D eigenvalue weighted by Crippen LogP contribution is 2.28. The maximum atomic E-state index is 13.6. The molecule has 35 heavy (non-hydrogen) atoms. The standard InChI is InChI=1S/C25H24N4O5S/c1-16-9-10-20(15-17(16)2)28-24(26-23-8-6-5-7-22(23)25(28)30)18(3)27(4)35(33,34)21-13-11-19(12-14-21)29(31)32/h5-15,18H,1-4H3. The summed E-state index contributed by atoms with van der Waals surface area (Å²) in [5.74, 6) is 0.255. The zero-order valence-corrected chi connectivity index (χ0v) is 20.5. The van der Waals surface area contributed by atoms with Crippen LogP contribution in [0.3, 0.4) is 0 Å². The van der Waals surface area contributed by atoms with E-state index in [4.69, 9.17) is 4.98 Å². The molecule has 0 saturated heterocycles. The van der Waals surface area contributed by atoms with Gasteiger partial charge in [-0.25, -0.2) is 13.4 Å². The molecular formula is C25H24N4O5S. The number of nitro groups is 1. The topological polar surface area (TPSA) is 115 Å². The minimum Gasteiger partial charge on any atom is -0.268 e. The normalized spacial score (nSPS) is 12.7. The summed E-state index contributed by atoms with van der Waals surface area (Å²) in [6.45, 7) is 5.55. The van der Waals surface area contributed by atoms with E-state index in [1.165, 1.54) is 23.7 Å². The number of non-ortho nitro benzene ring substituents is 1. The quantitative estimate of drug-likeness (QED) is 0.293. The van der Waals surface area contributed by atoms with Gasteiger partial charge in [0, 0.05) is 19.2 Å². The number of para-hydroxylation sites is 1. The van der Waals surface area contributed by atoms with Gasteiger partial charge in [0.2, 0.25) is 10.0 Å². The highest BCUT2D eigenvalue weighted by molar-refractivity contribution is 7.89. The first-order valence-electron chi connectivity index (χ1n) is 10.8. The predicted octanol–water partition coefficient (Wildman–Crippen LogP) is 4.29. The van der Waals surface area contributed by atoms with Crippen molar-refractivity contribution in [2.45, 2.75) is 31.7 Å². The lowest BCUT2D eigenvalue weighted by molar-refractivity contribution is -0.384. The van der Waals surface area contributed by atoms with Gasteiger partial charge in [-0.3, -0.25) is 19.5 Å².